The highest BCUT2D eigenvalue weighted by Gasteiger charge is 2.08. The second kappa shape index (κ2) is 6.10. The van der Waals surface area contributed by atoms with E-state index in [0.29, 0.717) is 6.54 Å². The first-order valence-electron chi connectivity index (χ1n) is 5.71. The van der Waals surface area contributed by atoms with E-state index in [1.807, 2.05) is 0 Å². The van der Waals surface area contributed by atoms with Crippen LogP contribution >= 0.6 is 22.6 Å². The monoisotopic (exact) mass is 354 g/mol. The van der Waals surface area contributed by atoms with E-state index in [9.17, 15) is 0 Å². The Labute approximate surface area is 120 Å². The molecule has 4 nitrogen and oxygen atoms in total. The lowest BCUT2D eigenvalue weighted by molar-refractivity contribution is 0.867. The molecule has 1 atom stereocenters. The van der Waals surface area contributed by atoms with Crippen molar-refractivity contribution in [3.8, 4) is 0 Å². The third-order valence-corrected chi connectivity index (χ3v) is 3.53. The minimum Gasteiger partial charge on any atom is -0.363 e. The summed E-state index contributed by atoms with van der Waals surface area (Å²) in [5.41, 5.74) is 7.94. The van der Waals surface area contributed by atoms with Gasteiger partial charge in [-0.3, -0.25) is 0 Å². The lowest BCUT2D eigenvalue weighted by Crippen LogP contribution is -2.09. The van der Waals surface area contributed by atoms with Gasteiger partial charge < -0.3 is 11.1 Å². The lowest BCUT2D eigenvalue weighted by Gasteiger charge is -2.16. The Hall–Kier alpha value is -1.21. The van der Waals surface area contributed by atoms with Crippen molar-refractivity contribution >= 4 is 28.4 Å². The Kier molecular flexibility index (Phi) is 4.48. The van der Waals surface area contributed by atoms with Gasteiger partial charge in [-0.05, 0) is 40.6 Å². The van der Waals surface area contributed by atoms with Crippen LogP contribution in [0.25, 0.3) is 0 Å². The van der Waals surface area contributed by atoms with Crippen LogP contribution in [0.4, 0.5) is 5.82 Å². The first-order valence-corrected chi connectivity index (χ1v) is 6.79. The Morgan fingerprint density at radius 2 is 2.06 bits per heavy atom. The van der Waals surface area contributed by atoms with E-state index in [0.717, 1.165) is 15.0 Å². The summed E-state index contributed by atoms with van der Waals surface area (Å²) in [5.74, 6) is 0.862. The van der Waals surface area contributed by atoms with Crippen LogP contribution in [0.15, 0.2) is 36.8 Å². The highest BCUT2D eigenvalue weighted by atomic mass is 127. The number of halogens is 1. The van der Waals surface area contributed by atoms with Crippen LogP contribution in [0.5, 0.6) is 0 Å². The maximum Gasteiger partial charge on any atom is 0.143 e. The predicted molar refractivity (Wildman–Crippen MR) is 81.1 cm³/mol. The van der Waals surface area contributed by atoms with Crippen LogP contribution in [0.3, 0.4) is 0 Å². The van der Waals surface area contributed by atoms with Crippen molar-refractivity contribution in [1.29, 1.82) is 0 Å². The molecule has 18 heavy (non-hydrogen) atoms. The van der Waals surface area contributed by atoms with Crippen molar-refractivity contribution in [2.45, 2.75) is 19.5 Å². The molecule has 2 rings (SSSR count). The molecule has 0 aliphatic carbocycles. The van der Waals surface area contributed by atoms with Gasteiger partial charge in [-0.1, -0.05) is 24.3 Å². The van der Waals surface area contributed by atoms with Crippen molar-refractivity contribution in [3.63, 3.8) is 0 Å². The number of hydrogen-bond donors (Lipinski definition) is 2. The summed E-state index contributed by atoms with van der Waals surface area (Å²) in [6.45, 7) is 2.68. The molecule has 0 saturated heterocycles. The van der Waals surface area contributed by atoms with Gasteiger partial charge >= 0.3 is 0 Å². The summed E-state index contributed by atoms with van der Waals surface area (Å²) in [6, 6.07) is 8.49. The number of benzene rings is 1. The van der Waals surface area contributed by atoms with Gasteiger partial charge in [0.05, 0.1) is 3.57 Å². The normalized spacial score (nSPS) is 12.2. The molecule has 0 fully saturated rings. The zero-order chi connectivity index (χ0) is 13.0. The molecule has 0 radical (unpaired) electrons. The average Bonchev–Trinajstić information content (AvgIpc) is 2.41. The van der Waals surface area contributed by atoms with Crippen molar-refractivity contribution in [2.75, 3.05) is 5.32 Å². The topological polar surface area (TPSA) is 63.8 Å². The summed E-state index contributed by atoms with van der Waals surface area (Å²) in [5, 5.41) is 3.37. The fourth-order valence-electron chi connectivity index (χ4n) is 1.65. The number of nitrogens with two attached hydrogens (primary N) is 1. The Morgan fingerprint density at radius 1 is 1.33 bits per heavy atom. The summed E-state index contributed by atoms with van der Waals surface area (Å²) in [7, 11) is 0. The molecule has 5 heteroatoms. The van der Waals surface area contributed by atoms with Gasteiger partial charge in [-0.25, -0.2) is 9.97 Å². The van der Waals surface area contributed by atoms with E-state index >= 15 is 0 Å². The maximum atomic E-state index is 5.59. The average molecular weight is 354 g/mol. The molecule has 0 bridgehead atoms. The van der Waals surface area contributed by atoms with E-state index in [2.05, 4.69) is 69.1 Å². The minimum atomic E-state index is 0.195. The minimum absolute atomic E-state index is 0.195. The second-order valence-electron chi connectivity index (χ2n) is 4.03. The van der Waals surface area contributed by atoms with Crippen molar-refractivity contribution in [3.05, 3.63) is 51.5 Å². The molecule has 1 aromatic carbocycles. The molecule has 3 N–H and O–H groups in total. The van der Waals surface area contributed by atoms with Crippen LogP contribution in [-0.2, 0) is 6.54 Å². The van der Waals surface area contributed by atoms with E-state index in [-0.39, 0.29) is 6.04 Å². The van der Waals surface area contributed by atoms with Gasteiger partial charge in [-0.2, -0.15) is 0 Å². The number of rotatable bonds is 4. The number of nitrogens with zero attached hydrogens (tertiary/aromatic N) is 2. The van der Waals surface area contributed by atoms with Crippen molar-refractivity contribution in [1.82, 2.24) is 9.97 Å². The van der Waals surface area contributed by atoms with Gasteiger partial charge in [0.2, 0.25) is 0 Å². The number of hydrogen-bond acceptors (Lipinski definition) is 4. The summed E-state index contributed by atoms with van der Waals surface area (Å²) < 4.78 is 1.01. The molecular weight excluding hydrogens is 339 g/mol. The molecule has 1 aromatic heterocycles. The molecule has 0 aliphatic heterocycles. The highest BCUT2D eigenvalue weighted by molar-refractivity contribution is 14.1. The molecule has 0 spiro atoms. The second-order valence-corrected chi connectivity index (χ2v) is 5.19. The molecule has 1 unspecified atom stereocenters. The van der Waals surface area contributed by atoms with Gasteiger partial charge in [0.1, 0.15) is 12.1 Å². The first-order chi connectivity index (χ1) is 8.70. The van der Waals surface area contributed by atoms with E-state index in [4.69, 9.17) is 5.73 Å². The van der Waals surface area contributed by atoms with Crippen LogP contribution in [0.2, 0.25) is 0 Å². The summed E-state index contributed by atoms with van der Waals surface area (Å²) in [4.78, 5) is 8.20. The first kappa shape index (κ1) is 13.2. The third-order valence-electron chi connectivity index (χ3n) is 2.74. The zero-order valence-corrected chi connectivity index (χ0v) is 12.3. The number of nitrogens with one attached hydrogen (secondary N) is 1. The smallest absolute Gasteiger partial charge is 0.143 e. The maximum absolute atomic E-state index is 5.59. The van der Waals surface area contributed by atoms with Crippen LogP contribution in [0, 0.1) is 3.57 Å². The zero-order valence-electron chi connectivity index (χ0n) is 10.1. The largest absolute Gasteiger partial charge is 0.363 e. The van der Waals surface area contributed by atoms with E-state index < -0.39 is 0 Å². The van der Waals surface area contributed by atoms with Crippen LogP contribution in [0.1, 0.15) is 24.1 Å². The van der Waals surface area contributed by atoms with Crippen molar-refractivity contribution in [2.24, 2.45) is 5.73 Å². The van der Waals surface area contributed by atoms with Gasteiger partial charge in [-0.15, -0.1) is 0 Å². The molecule has 0 aliphatic rings. The number of aromatic nitrogens is 2. The van der Waals surface area contributed by atoms with E-state index in [1.54, 1.807) is 12.5 Å². The lowest BCUT2D eigenvalue weighted by atomic mass is 10.1. The Morgan fingerprint density at radius 3 is 2.67 bits per heavy atom. The van der Waals surface area contributed by atoms with Gasteiger partial charge in [0.15, 0.2) is 0 Å². The molecule has 0 saturated carbocycles. The summed E-state index contributed by atoms with van der Waals surface area (Å²) >= 11 is 2.22. The molecule has 0 amide bonds. The van der Waals surface area contributed by atoms with E-state index in [1.165, 1.54) is 5.56 Å². The standard InChI is InChI=1S/C13H15IN4/c1-9(11-4-2-10(6-15)3-5-11)18-13-12(14)7-16-8-17-13/h2-5,7-9H,6,15H2,1H3,(H,16,17,18). The fourth-order valence-corrected chi connectivity index (χ4v) is 2.11. The Balaban J connectivity index is 2.11. The summed E-state index contributed by atoms with van der Waals surface area (Å²) in [6.07, 6.45) is 3.34. The predicted octanol–water partition coefficient (Wildman–Crippen LogP) is 2.71. The van der Waals surface area contributed by atoms with Gasteiger partial charge in [0.25, 0.3) is 0 Å². The van der Waals surface area contributed by atoms with Crippen LogP contribution < -0.4 is 11.1 Å². The Bertz CT molecular complexity index is 513. The van der Waals surface area contributed by atoms with Crippen molar-refractivity contribution < 1.29 is 0 Å². The molecular formula is C13H15IN4. The number of anilines is 1. The van der Waals surface area contributed by atoms with Gasteiger partial charge in [0, 0.05) is 18.8 Å². The molecule has 2 aromatic rings. The molecule has 1 heterocycles. The SMILES string of the molecule is CC(Nc1ncncc1I)c1ccc(CN)cc1. The third kappa shape index (κ3) is 3.17. The quantitative estimate of drug-likeness (QED) is 0.829. The highest BCUT2D eigenvalue weighted by Crippen LogP contribution is 2.21. The fraction of sp³-hybridized carbons (Fsp3) is 0.231. The molecule has 94 valence electrons. The van der Waals surface area contributed by atoms with Crippen LogP contribution in [-0.4, -0.2) is 9.97 Å².